The molecule has 0 saturated heterocycles. The summed E-state index contributed by atoms with van der Waals surface area (Å²) in [6.45, 7) is 8.49. The van der Waals surface area contributed by atoms with Crippen LogP contribution in [0.2, 0.25) is 0 Å². The number of carbonyl (C=O) groups is 2. The van der Waals surface area contributed by atoms with E-state index in [9.17, 15) is 18.4 Å². The fraction of sp³-hybridized carbons (Fsp3) is 0.414. The van der Waals surface area contributed by atoms with E-state index >= 15 is 0 Å². The lowest BCUT2D eigenvalue weighted by Gasteiger charge is -2.33. The summed E-state index contributed by atoms with van der Waals surface area (Å²) in [4.78, 5) is 32.6. The van der Waals surface area contributed by atoms with Gasteiger partial charge in [0, 0.05) is 41.4 Å². The minimum absolute atomic E-state index is 0.0554. The molecule has 2 atom stereocenters. The van der Waals surface area contributed by atoms with Crippen LogP contribution in [-0.4, -0.2) is 49.9 Å². The van der Waals surface area contributed by atoms with Gasteiger partial charge in [-0.3, -0.25) is 9.79 Å². The van der Waals surface area contributed by atoms with Gasteiger partial charge < -0.3 is 14.4 Å². The van der Waals surface area contributed by atoms with Gasteiger partial charge in [-0.25, -0.2) is 13.6 Å². The van der Waals surface area contributed by atoms with Crippen molar-refractivity contribution in [3.63, 3.8) is 0 Å². The first-order chi connectivity index (χ1) is 17.4. The third-order valence-corrected chi connectivity index (χ3v) is 6.40. The molecule has 0 N–H and O–H groups in total. The average Bonchev–Trinajstić information content (AvgIpc) is 2.82. The number of carbonyl (C=O) groups excluding carboxylic acids is 2. The van der Waals surface area contributed by atoms with Crippen LogP contribution < -0.4 is 0 Å². The van der Waals surface area contributed by atoms with Crippen molar-refractivity contribution in [3.8, 4) is 0 Å². The first kappa shape index (κ1) is 28.2. The van der Waals surface area contributed by atoms with Crippen molar-refractivity contribution in [1.29, 1.82) is 0 Å². The summed E-state index contributed by atoms with van der Waals surface area (Å²) >= 11 is 0. The number of halogens is 2. The maximum absolute atomic E-state index is 15.0. The third-order valence-electron chi connectivity index (χ3n) is 6.40. The number of ether oxygens (including phenoxy) is 2. The van der Waals surface area contributed by atoms with Crippen LogP contribution in [0.3, 0.4) is 0 Å². The molecule has 0 bridgehead atoms. The van der Waals surface area contributed by atoms with Crippen LogP contribution in [0.1, 0.15) is 44.7 Å². The van der Waals surface area contributed by atoms with Gasteiger partial charge in [-0.2, -0.15) is 0 Å². The average molecular weight is 513 g/mol. The smallest absolute Gasteiger partial charge is 0.336 e. The Morgan fingerprint density at radius 3 is 2.24 bits per heavy atom. The van der Waals surface area contributed by atoms with E-state index in [1.165, 1.54) is 13.2 Å². The van der Waals surface area contributed by atoms with Crippen molar-refractivity contribution in [2.24, 2.45) is 16.3 Å². The van der Waals surface area contributed by atoms with Crippen molar-refractivity contribution in [3.05, 3.63) is 82.6 Å². The first-order valence-electron chi connectivity index (χ1n) is 12.1. The lowest BCUT2D eigenvalue weighted by molar-refractivity contribution is -0.145. The van der Waals surface area contributed by atoms with Crippen molar-refractivity contribution in [1.82, 2.24) is 4.90 Å². The molecule has 1 aliphatic heterocycles. The van der Waals surface area contributed by atoms with Crippen LogP contribution in [0.25, 0.3) is 0 Å². The molecule has 1 heterocycles. The van der Waals surface area contributed by atoms with Crippen LogP contribution in [0.5, 0.6) is 0 Å². The van der Waals surface area contributed by atoms with Gasteiger partial charge in [-0.05, 0) is 38.6 Å². The summed E-state index contributed by atoms with van der Waals surface area (Å²) in [7, 11) is 3.17. The second-order valence-electron chi connectivity index (χ2n) is 10.3. The van der Waals surface area contributed by atoms with Crippen molar-refractivity contribution < 1.29 is 27.8 Å². The molecule has 37 heavy (non-hydrogen) atoms. The van der Waals surface area contributed by atoms with Crippen molar-refractivity contribution in [2.75, 3.05) is 27.3 Å². The molecule has 0 radical (unpaired) electrons. The van der Waals surface area contributed by atoms with Gasteiger partial charge in [-0.1, -0.05) is 50.2 Å². The predicted molar refractivity (Wildman–Crippen MR) is 138 cm³/mol. The minimum atomic E-state index is -1.28. The Labute approximate surface area is 217 Å². The fourth-order valence-corrected chi connectivity index (χ4v) is 4.92. The Balaban J connectivity index is 1.86. The number of benzene rings is 2. The fourth-order valence-electron chi connectivity index (χ4n) is 4.92. The topological polar surface area (TPSA) is 68.2 Å². The molecule has 2 aromatic rings. The van der Waals surface area contributed by atoms with Gasteiger partial charge >= 0.3 is 11.9 Å². The summed E-state index contributed by atoms with van der Waals surface area (Å²) in [6.07, 6.45) is 0. The van der Waals surface area contributed by atoms with Gasteiger partial charge in [-0.15, -0.1) is 0 Å². The Hall–Kier alpha value is -3.39. The molecule has 0 spiro atoms. The highest BCUT2D eigenvalue weighted by atomic mass is 19.1. The van der Waals surface area contributed by atoms with Gasteiger partial charge in [0.15, 0.2) is 0 Å². The quantitative estimate of drug-likeness (QED) is 0.427. The van der Waals surface area contributed by atoms with E-state index in [4.69, 9.17) is 9.47 Å². The number of hydrogen-bond donors (Lipinski definition) is 0. The Kier molecular flexibility index (Phi) is 8.97. The summed E-state index contributed by atoms with van der Waals surface area (Å²) in [5, 5.41) is 0. The molecule has 2 aromatic carbocycles. The lowest BCUT2D eigenvalue weighted by Crippen LogP contribution is -2.38. The SMILES string of the molecule is COC(=O)C1C(C)=NC(C)=C(C(=O)OCC(C)(C)CN(C)Cc2ccccc2)C1c1c(F)cccc1F. The number of esters is 2. The number of aliphatic imine (C=N–C) groups is 1. The zero-order chi connectivity index (χ0) is 27.3. The third kappa shape index (κ3) is 6.68. The summed E-state index contributed by atoms with van der Waals surface area (Å²) < 4.78 is 40.5. The predicted octanol–water partition coefficient (Wildman–Crippen LogP) is 5.29. The van der Waals surface area contributed by atoms with E-state index in [1.54, 1.807) is 13.8 Å². The van der Waals surface area contributed by atoms with Gasteiger partial charge in [0.25, 0.3) is 0 Å². The van der Waals surface area contributed by atoms with Crippen molar-refractivity contribution >= 4 is 17.7 Å². The van der Waals surface area contributed by atoms with E-state index in [2.05, 4.69) is 9.89 Å². The zero-order valence-corrected chi connectivity index (χ0v) is 22.2. The van der Waals surface area contributed by atoms with Gasteiger partial charge in [0.05, 0.1) is 19.3 Å². The second kappa shape index (κ2) is 11.8. The first-order valence-corrected chi connectivity index (χ1v) is 12.1. The van der Waals surface area contributed by atoms with E-state index in [-0.39, 0.29) is 23.4 Å². The Morgan fingerprint density at radius 1 is 1.03 bits per heavy atom. The molecule has 6 nitrogen and oxygen atoms in total. The molecular weight excluding hydrogens is 478 g/mol. The Bertz CT molecular complexity index is 1190. The summed E-state index contributed by atoms with van der Waals surface area (Å²) in [5.41, 5.74) is 0.837. The molecular formula is C29H34F2N2O4. The van der Waals surface area contributed by atoms with Crippen LogP contribution in [0.4, 0.5) is 8.78 Å². The largest absolute Gasteiger partial charge is 0.468 e. The highest BCUT2D eigenvalue weighted by Gasteiger charge is 2.44. The molecule has 0 fully saturated rings. The molecule has 8 heteroatoms. The number of allylic oxidation sites excluding steroid dienone is 1. The number of hydrogen-bond acceptors (Lipinski definition) is 6. The van der Waals surface area contributed by atoms with E-state index in [0.29, 0.717) is 12.3 Å². The second-order valence-corrected chi connectivity index (χ2v) is 10.3. The van der Waals surface area contributed by atoms with E-state index < -0.39 is 40.8 Å². The molecule has 0 amide bonds. The monoisotopic (exact) mass is 512 g/mol. The molecule has 0 aromatic heterocycles. The number of nitrogens with zero attached hydrogens (tertiary/aromatic N) is 2. The maximum Gasteiger partial charge on any atom is 0.336 e. The molecule has 0 aliphatic carbocycles. The van der Waals surface area contributed by atoms with E-state index in [0.717, 1.165) is 24.2 Å². The van der Waals surface area contributed by atoms with E-state index in [1.807, 2.05) is 51.2 Å². The highest BCUT2D eigenvalue weighted by Crippen LogP contribution is 2.42. The summed E-state index contributed by atoms with van der Waals surface area (Å²) in [5.74, 6) is -5.69. The van der Waals surface area contributed by atoms with Crippen LogP contribution in [0, 0.1) is 23.0 Å². The molecule has 2 unspecified atom stereocenters. The molecule has 198 valence electrons. The highest BCUT2D eigenvalue weighted by molar-refractivity contribution is 6.07. The number of methoxy groups -OCH3 is 1. The summed E-state index contributed by atoms with van der Waals surface area (Å²) in [6, 6.07) is 13.4. The molecule has 3 rings (SSSR count). The zero-order valence-electron chi connectivity index (χ0n) is 22.2. The molecule has 0 saturated carbocycles. The Morgan fingerprint density at radius 2 is 1.65 bits per heavy atom. The minimum Gasteiger partial charge on any atom is -0.468 e. The maximum atomic E-state index is 15.0. The number of rotatable bonds is 9. The molecule has 1 aliphatic rings. The van der Waals surface area contributed by atoms with Gasteiger partial charge in [0.1, 0.15) is 17.6 Å². The van der Waals surface area contributed by atoms with Crippen LogP contribution >= 0.6 is 0 Å². The van der Waals surface area contributed by atoms with Crippen LogP contribution in [0.15, 0.2) is 64.8 Å². The lowest BCUT2D eigenvalue weighted by atomic mass is 9.75. The van der Waals surface area contributed by atoms with Crippen LogP contribution in [-0.2, 0) is 25.6 Å². The normalized spacial score (nSPS) is 18.0. The van der Waals surface area contributed by atoms with Crippen molar-refractivity contribution in [2.45, 2.75) is 40.2 Å². The standard InChI is InChI=1S/C29H34F2N2O4/c1-18-23(27(34)36-6)26(25-21(30)13-10-14-22(25)31)24(19(2)32-18)28(35)37-17-29(3,4)16-33(5)15-20-11-8-7-9-12-20/h7-14,23,26H,15-17H2,1-6H3. The van der Waals surface area contributed by atoms with Gasteiger partial charge in [0.2, 0.25) is 0 Å².